The molecule has 26 heavy (non-hydrogen) atoms. The van der Waals surface area contributed by atoms with Gasteiger partial charge in [0.1, 0.15) is 0 Å². The summed E-state index contributed by atoms with van der Waals surface area (Å²) < 4.78 is 0. The average Bonchev–Trinajstić information content (AvgIpc) is 2.59. The molecule has 8 heteroatoms. The smallest absolute Gasteiger partial charge is 0.303 e. The minimum absolute atomic E-state index is 0.0688. The number of benzene rings is 1. The first-order valence-electron chi connectivity index (χ1n) is 8.77. The number of carboxylic acids is 1. The van der Waals surface area contributed by atoms with Crippen LogP contribution in [0.4, 0.5) is 5.69 Å². The van der Waals surface area contributed by atoms with E-state index < -0.39 is 5.97 Å². The van der Waals surface area contributed by atoms with Gasteiger partial charge in [0, 0.05) is 37.3 Å². The third kappa shape index (κ3) is 3.23. The van der Waals surface area contributed by atoms with Gasteiger partial charge in [-0.25, -0.2) is 0 Å². The second kappa shape index (κ2) is 6.46. The first-order valence-corrected chi connectivity index (χ1v) is 8.77. The summed E-state index contributed by atoms with van der Waals surface area (Å²) in [5, 5.41) is 11.3. The maximum Gasteiger partial charge on any atom is 0.303 e. The Hall–Kier alpha value is -2.29. The van der Waals surface area contributed by atoms with Crippen molar-refractivity contribution in [3.8, 4) is 0 Å². The van der Waals surface area contributed by atoms with Crippen LogP contribution >= 0.6 is 0 Å². The van der Waals surface area contributed by atoms with Crippen molar-refractivity contribution >= 4 is 23.3 Å². The van der Waals surface area contributed by atoms with E-state index in [2.05, 4.69) is 20.0 Å². The molecule has 4 fully saturated rings. The minimum Gasteiger partial charge on any atom is -0.481 e. The topological polar surface area (TPSA) is 93.2 Å². The lowest BCUT2D eigenvalue weighted by atomic mass is 9.75. The molecular weight excluding hydrogens is 336 g/mol. The molecule has 2 N–H and O–H groups in total. The number of nitrogens with zero attached hydrogens (tertiary/aromatic N) is 3. The van der Waals surface area contributed by atoms with Crippen LogP contribution in [0.2, 0.25) is 0 Å². The summed E-state index contributed by atoms with van der Waals surface area (Å²) in [5.41, 5.74) is 0.846. The van der Waals surface area contributed by atoms with Gasteiger partial charge in [-0.05, 0) is 24.3 Å². The zero-order chi connectivity index (χ0) is 18.3. The molecule has 5 rings (SSSR count). The number of anilines is 1. The standard InChI is InChI=1S/C18H22N4O4/c23-15(5-6-16(24)25)19-14-3-1-13(2-4-14)17(26)18-7-20-10-21(8-18)12-22(9-18)11-20/h1-4H,5-12H2,(H,19,23)(H,24,25). The van der Waals surface area contributed by atoms with Gasteiger partial charge in [0.05, 0.1) is 31.8 Å². The maximum absolute atomic E-state index is 13.2. The number of aliphatic carboxylic acids is 1. The lowest BCUT2D eigenvalue weighted by Crippen LogP contribution is -2.74. The Morgan fingerprint density at radius 3 is 1.96 bits per heavy atom. The first-order chi connectivity index (χ1) is 12.4. The largest absolute Gasteiger partial charge is 0.481 e. The second-order valence-electron chi connectivity index (χ2n) is 7.54. The van der Waals surface area contributed by atoms with Gasteiger partial charge in [-0.2, -0.15) is 0 Å². The second-order valence-corrected chi connectivity index (χ2v) is 7.54. The fourth-order valence-corrected chi connectivity index (χ4v) is 4.39. The van der Waals surface area contributed by atoms with Crippen LogP contribution in [0.15, 0.2) is 24.3 Å². The van der Waals surface area contributed by atoms with E-state index in [4.69, 9.17) is 5.11 Å². The van der Waals surface area contributed by atoms with E-state index in [-0.39, 0.29) is 29.9 Å². The Morgan fingerprint density at radius 2 is 1.46 bits per heavy atom. The molecule has 0 aliphatic carbocycles. The number of nitrogens with one attached hydrogen (secondary N) is 1. The van der Waals surface area contributed by atoms with Crippen LogP contribution < -0.4 is 5.32 Å². The zero-order valence-electron chi connectivity index (χ0n) is 14.5. The molecule has 1 aromatic rings. The van der Waals surface area contributed by atoms with Gasteiger partial charge in [0.25, 0.3) is 0 Å². The maximum atomic E-state index is 13.2. The molecule has 4 bridgehead atoms. The number of hydrogen-bond acceptors (Lipinski definition) is 6. The van der Waals surface area contributed by atoms with E-state index in [0.29, 0.717) is 11.3 Å². The van der Waals surface area contributed by atoms with Gasteiger partial charge >= 0.3 is 5.97 Å². The minimum atomic E-state index is -1.00. The fourth-order valence-electron chi connectivity index (χ4n) is 4.39. The molecular formula is C18H22N4O4. The van der Waals surface area contributed by atoms with Crippen molar-refractivity contribution in [1.82, 2.24) is 14.7 Å². The molecule has 138 valence electrons. The Morgan fingerprint density at radius 1 is 0.923 bits per heavy atom. The summed E-state index contributed by atoms with van der Waals surface area (Å²) in [6, 6.07) is 6.89. The molecule has 8 nitrogen and oxygen atoms in total. The Balaban J connectivity index is 1.43. The fraction of sp³-hybridized carbons (Fsp3) is 0.500. The van der Waals surface area contributed by atoms with Gasteiger partial charge < -0.3 is 10.4 Å². The van der Waals surface area contributed by atoms with Crippen LogP contribution in [0.3, 0.4) is 0 Å². The number of rotatable bonds is 6. The van der Waals surface area contributed by atoms with Crippen molar-refractivity contribution in [1.29, 1.82) is 0 Å². The summed E-state index contributed by atoms with van der Waals surface area (Å²) in [7, 11) is 0. The lowest BCUT2D eigenvalue weighted by Gasteiger charge is -2.59. The molecule has 4 heterocycles. The van der Waals surface area contributed by atoms with Crippen LogP contribution in [0.1, 0.15) is 23.2 Å². The Kier molecular flexibility index (Phi) is 4.26. The van der Waals surface area contributed by atoms with E-state index >= 15 is 0 Å². The van der Waals surface area contributed by atoms with Crippen LogP contribution in [0, 0.1) is 5.41 Å². The number of Topliss-reactive ketones (excluding diaryl/α,β-unsaturated/α-hetero) is 1. The third-order valence-electron chi connectivity index (χ3n) is 5.26. The number of carbonyl (C=O) groups excluding carboxylic acids is 2. The Bertz CT molecular complexity index is 711. The molecule has 4 aliphatic rings. The number of ketones is 1. The van der Waals surface area contributed by atoms with Gasteiger partial charge in [-0.15, -0.1) is 0 Å². The summed E-state index contributed by atoms with van der Waals surface area (Å²) in [6.45, 7) is 5.21. The molecule has 0 spiro atoms. The quantitative estimate of drug-likeness (QED) is 0.715. The Labute approximate surface area is 151 Å². The zero-order valence-corrected chi connectivity index (χ0v) is 14.5. The molecule has 0 unspecified atom stereocenters. The normalized spacial score (nSPS) is 31.6. The summed E-state index contributed by atoms with van der Waals surface area (Å²) >= 11 is 0. The number of amides is 1. The summed E-state index contributed by atoms with van der Waals surface area (Å²) in [6.07, 6.45) is -0.269. The van der Waals surface area contributed by atoms with Crippen molar-refractivity contribution < 1.29 is 19.5 Å². The van der Waals surface area contributed by atoms with Crippen LogP contribution in [-0.4, -0.2) is 77.1 Å². The summed E-state index contributed by atoms with van der Waals surface area (Å²) in [4.78, 5) is 42.3. The molecule has 0 radical (unpaired) electrons. The number of carbonyl (C=O) groups is 3. The van der Waals surface area contributed by atoms with Crippen LogP contribution in [0.25, 0.3) is 0 Å². The monoisotopic (exact) mass is 358 g/mol. The molecule has 1 amide bonds. The summed E-state index contributed by atoms with van der Waals surface area (Å²) in [5.74, 6) is -1.19. The molecule has 0 aromatic heterocycles. The van der Waals surface area contributed by atoms with E-state index in [1.807, 2.05) is 0 Å². The van der Waals surface area contributed by atoms with Crippen molar-refractivity contribution in [2.75, 3.05) is 45.0 Å². The lowest BCUT2D eigenvalue weighted by molar-refractivity contribution is -0.155. The predicted octanol–water partition coefficient (Wildman–Crippen LogP) is 0.478. The van der Waals surface area contributed by atoms with E-state index in [1.54, 1.807) is 24.3 Å². The predicted molar refractivity (Wildman–Crippen MR) is 93.4 cm³/mol. The number of carboxylic acid groups (broad SMARTS) is 1. The molecule has 0 atom stereocenters. The van der Waals surface area contributed by atoms with Crippen molar-refractivity contribution in [3.05, 3.63) is 29.8 Å². The van der Waals surface area contributed by atoms with Crippen molar-refractivity contribution in [2.24, 2.45) is 5.41 Å². The highest BCUT2D eigenvalue weighted by Gasteiger charge is 2.52. The highest BCUT2D eigenvalue weighted by Crippen LogP contribution is 2.38. The average molecular weight is 358 g/mol. The van der Waals surface area contributed by atoms with Crippen LogP contribution in [0.5, 0.6) is 0 Å². The molecule has 0 saturated carbocycles. The van der Waals surface area contributed by atoms with Gasteiger partial charge in [0.15, 0.2) is 5.78 Å². The highest BCUT2D eigenvalue weighted by molar-refractivity contribution is 6.02. The third-order valence-corrected chi connectivity index (χ3v) is 5.26. The SMILES string of the molecule is O=C(O)CCC(=O)Nc1ccc(C(=O)C23CN4CN(CN(C4)C2)C3)cc1. The first kappa shape index (κ1) is 17.1. The molecule has 4 saturated heterocycles. The van der Waals surface area contributed by atoms with Gasteiger partial charge in [-0.3, -0.25) is 29.1 Å². The van der Waals surface area contributed by atoms with Crippen LogP contribution in [-0.2, 0) is 9.59 Å². The number of hydrogen-bond donors (Lipinski definition) is 2. The van der Waals surface area contributed by atoms with Gasteiger partial charge in [0.2, 0.25) is 5.91 Å². The molecule has 1 aromatic carbocycles. The van der Waals surface area contributed by atoms with E-state index in [1.165, 1.54) is 0 Å². The van der Waals surface area contributed by atoms with E-state index in [0.717, 1.165) is 39.6 Å². The van der Waals surface area contributed by atoms with Crippen molar-refractivity contribution in [3.63, 3.8) is 0 Å². The van der Waals surface area contributed by atoms with E-state index in [9.17, 15) is 14.4 Å². The van der Waals surface area contributed by atoms with Crippen molar-refractivity contribution in [2.45, 2.75) is 12.8 Å². The van der Waals surface area contributed by atoms with Gasteiger partial charge in [-0.1, -0.05) is 0 Å². The highest BCUT2D eigenvalue weighted by atomic mass is 16.4. The molecule has 4 aliphatic heterocycles.